The van der Waals surface area contributed by atoms with Gasteiger partial charge in [-0.3, -0.25) is 4.57 Å². The summed E-state index contributed by atoms with van der Waals surface area (Å²) in [6.45, 7) is 16.9. The Morgan fingerprint density at radius 2 is 1.59 bits per heavy atom. The van der Waals surface area contributed by atoms with Gasteiger partial charge in [-0.05, 0) is 69.7 Å². The molecule has 222 valence electrons. The van der Waals surface area contributed by atoms with Crippen molar-refractivity contribution in [1.29, 1.82) is 0 Å². The molecular weight excluding hydrogens is 674 g/mol. The van der Waals surface area contributed by atoms with Gasteiger partial charge in [0, 0.05) is 41.5 Å². The SMILES string of the molecule is Cc1ccc(Oc2nc3cc(I)c(F)cc3n2COCC[Si](C)(C)C)cc1-n1nnn(COCC[Si](C)(C)C)c1=O. The van der Waals surface area contributed by atoms with E-state index in [4.69, 9.17) is 14.2 Å². The van der Waals surface area contributed by atoms with Crippen LogP contribution in [0.1, 0.15) is 5.56 Å². The highest BCUT2D eigenvalue weighted by molar-refractivity contribution is 14.1. The number of aryl methyl sites for hydroxylation is 1. The van der Waals surface area contributed by atoms with Crippen LogP contribution >= 0.6 is 22.6 Å². The normalized spacial score (nSPS) is 12.4. The van der Waals surface area contributed by atoms with Gasteiger partial charge in [0.2, 0.25) is 0 Å². The highest BCUT2D eigenvalue weighted by Crippen LogP contribution is 2.30. The van der Waals surface area contributed by atoms with Crippen molar-refractivity contribution in [2.75, 3.05) is 13.2 Å². The lowest BCUT2D eigenvalue weighted by Gasteiger charge is -2.16. The number of halogens is 2. The molecular formula is C27H38FIN6O4Si2. The maximum Gasteiger partial charge on any atom is 0.370 e. The fourth-order valence-corrected chi connectivity index (χ4v) is 5.82. The van der Waals surface area contributed by atoms with Crippen molar-refractivity contribution in [3.05, 3.63) is 55.8 Å². The molecule has 0 spiro atoms. The second-order valence-electron chi connectivity index (χ2n) is 12.5. The number of fused-ring (bicyclic) bond motifs is 1. The smallest absolute Gasteiger partial charge is 0.370 e. The summed E-state index contributed by atoms with van der Waals surface area (Å²) in [6, 6.07) is 10.7. The number of aromatic nitrogens is 6. The van der Waals surface area contributed by atoms with Gasteiger partial charge in [-0.1, -0.05) is 45.3 Å². The molecule has 10 nitrogen and oxygen atoms in total. The van der Waals surface area contributed by atoms with E-state index in [2.05, 4.69) is 54.7 Å². The van der Waals surface area contributed by atoms with E-state index in [0.29, 0.717) is 39.3 Å². The van der Waals surface area contributed by atoms with Gasteiger partial charge >= 0.3 is 11.7 Å². The van der Waals surface area contributed by atoms with Gasteiger partial charge in [0.05, 0.1) is 20.3 Å². The fraction of sp³-hybridized carbons (Fsp3) is 0.481. The van der Waals surface area contributed by atoms with Crippen molar-refractivity contribution in [1.82, 2.24) is 29.3 Å². The number of hydrogen-bond acceptors (Lipinski definition) is 7. The molecule has 0 saturated heterocycles. The van der Waals surface area contributed by atoms with E-state index in [1.165, 1.54) is 15.4 Å². The maximum atomic E-state index is 14.5. The summed E-state index contributed by atoms with van der Waals surface area (Å²) in [5.41, 5.74) is 2.10. The Morgan fingerprint density at radius 3 is 2.24 bits per heavy atom. The Morgan fingerprint density at radius 1 is 0.927 bits per heavy atom. The number of hydrogen-bond donors (Lipinski definition) is 0. The molecule has 2 aromatic carbocycles. The highest BCUT2D eigenvalue weighted by Gasteiger charge is 2.19. The van der Waals surface area contributed by atoms with Crippen molar-refractivity contribution in [2.24, 2.45) is 0 Å². The lowest BCUT2D eigenvalue weighted by atomic mass is 10.2. The van der Waals surface area contributed by atoms with Gasteiger partial charge in [0.15, 0.2) is 0 Å². The zero-order valence-corrected chi connectivity index (χ0v) is 28.9. The molecule has 0 radical (unpaired) electrons. The molecule has 0 amide bonds. The van der Waals surface area contributed by atoms with E-state index in [1.807, 2.05) is 35.6 Å². The van der Waals surface area contributed by atoms with Crippen molar-refractivity contribution >= 4 is 49.8 Å². The second kappa shape index (κ2) is 12.8. The molecule has 0 N–H and O–H groups in total. The van der Waals surface area contributed by atoms with Gasteiger partial charge in [0.1, 0.15) is 25.0 Å². The largest absolute Gasteiger partial charge is 0.425 e. The molecule has 0 aliphatic rings. The minimum absolute atomic E-state index is 0.0373. The molecule has 0 aliphatic heterocycles. The molecule has 4 aromatic rings. The van der Waals surface area contributed by atoms with Gasteiger partial charge in [-0.15, -0.1) is 0 Å². The predicted molar refractivity (Wildman–Crippen MR) is 171 cm³/mol. The molecule has 2 heterocycles. The third-order valence-corrected chi connectivity index (χ3v) is 10.7. The molecule has 0 saturated carbocycles. The van der Waals surface area contributed by atoms with E-state index in [1.54, 1.807) is 22.8 Å². The fourth-order valence-electron chi connectivity index (χ4n) is 3.86. The van der Waals surface area contributed by atoms with Gasteiger partial charge in [0.25, 0.3) is 0 Å². The number of rotatable bonds is 13. The van der Waals surface area contributed by atoms with E-state index in [-0.39, 0.29) is 25.3 Å². The first-order valence-corrected chi connectivity index (χ1v) is 22.0. The summed E-state index contributed by atoms with van der Waals surface area (Å²) in [5.74, 6) is 0.102. The number of nitrogens with zero attached hydrogens (tertiary/aromatic N) is 6. The Balaban J connectivity index is 1.58. The van der Waals surface area contributed by atoms with E-state index < -0.39 is 21.8 Å². The van der Waals surface area contributed by atoms with Crippen LogP contribution in [0.5, 0.6) is 11.8 Å². The molecule has 0 unspecified atom stereocenters. The van der Waals surface area contributed by atoms with Crippen LogP contribution in [0.2, 0.25) is 51.4 Å². The third kappa shape index (κ3) is 8.33. The average Bonchev–Trinajstić information content (AvgIpc) is 3.39. The van der Waals surface area contributed by atoms with E-state index >= 15 is 0 Å². The van der Waals surface area contributed by atoms with Gasteiger partial charge in [-0.2, -0.15) is 14.3 Å². The van der Waals surface area contributed by atoms with Crippen LogP contribution in [0.25, 0.3) is 16.7 Å². The van der Waals surface area contributed by atoms with Crippen LogP contribution in [-0.4, -0.2) is 58.7 Å². The zero-order chi connectivity index (χ0) is 29.9. The van der Waals surface area contributed by atoms with Crippen LogP contribution < -0.4 is 10.4 Å². The van der Waals surface area contributed by atoms with Gasteiger partial charge < -0.3 is 14.2 Å². The monoisotopic (exact) mass is 712 g/mol. The Hall–Kier alpha value is -2.41. The quantitative estimate of drug-likeness (QED) is 0.0919. The lowest BCUT2D eigenvalue weighted by molar-refractivity contribution is 0.0748. The van der Waals surface area contributed by atoms with Crippen molar-refractivity contribution in [2.45, 2.75) is 71.8 Å². The molecule has 14 heteroatoms. The minimum Gasteiger partial charge on any atom is -0.425 e. The molecule has 0 bridgehead atoms. The number of benzene rings is 2. The minimum atomic E-state index is -1.28. The second-order valence-corrected chi connectivity index (χ2v) is 24.9. The molecule has 4 rings (SSSR count). The molecule has 0 aliphatic carbocycles. The number of imidazole rings is 1. The summed E-state index contributed by atoms with van der Waals surface area (Å²) in [5, 5.41) is 8.07. The van der Waals surface area contributed by atoms with Crippen LogP contribution in [0.15, 0.2) is 35.1 Å². The highest BCUT2D eigenvalue weighted by atomic mass is 127. The van der Waals surface area contributed by atoms with Gasteiger partial charge in [-0.25, -0.2) is 9.18 Å². The Labute approximate surface area is 254 Å². The summed E-state index contributed by atoms with van der Waals surface area (Å²) < 4.78 is 37.0. The summed E-state index contributed by atoms with van der Waals surface area (Å²) in [4.78, 5) is 17.7. The first kappa shape index (κ1) is 31.5. The average molecular weight is 713 g/mol. The lowest BCUT2D eigenvalue weighted by Crippen LogP contribution is -2.27. The first-order chi connectivity index (χ1) is 19.2. The topological polar surface area (TPSA) is 98.2 Å². The first-order valence-electron chi connectivity index (χ1n) is 13.5. The third-order valence-electron chi connectivity index (χ3n) is 6.44. The Bertz CT molecular complexity index is 1570. The summed E-state index contributed by atoms with van der Waals surface area (Å²) >= 11 is 1.95. The summed E-state index contributed by atoms with van der Waals surface area (Å²) in [6.07, 6.45) is 0. The van der Waals surface area contributed by atoms with Crippen molar-refractivity contribution < 1.29 is 18.6 Å². The van der Waals surface area contributed by atoms with Crippen LogP contribution in [-0.2, 0) is 22.9 Å². The molecule has 0 atom stereocenters. The maximum absolute atomic E-state index is 14.5. The Kier molecular flexibility index (Phi) is 9.88. The number of tetrazole rings is 1. The zero-order valence-electron chi connectivity index (χ0n) is 24.7. The standard InChI is InChI=1S/C27H38FIN6O4Si2/c1-19-8-9-20(14-24(19)35-27(36)34(31-32-35)18-38-11-13-41(5,6)7)39-26-30-23-16-22(29)21(28)15-25(23)33(26)17-37-10-12-40(2,3)4/h8-9,14-16H,10-13,17-18H2,1-7H3. The summed E-state index contributed by atoms with van der Waals surface area (Å²) in [7, 11) is -2.52. The van der Waals surface area contributed by atoms with Crippen LogP contribution in [0, 0.1) is 16.3 Å². The molecule has 2 aromatic heterocycles. The number of ether oxygens (including phenoxy) is 3. The molecule has 0 fully saturated rings. The van der Waals surface area contributed by atoms with Crippen molar-refractivity contribution in [3.63, 3.8) is 0 Å². The van der Waals surface area contributed by atoms with Crippen molar-refractivity contribution in [3.8, 4) is 17.4 Å². The van der Waals surface area contributed by atoms with E-state index in [9.17, 15) is 9.18 Å². The molecule has 41 heavy (non-hydrogen) atoms. The van der Waals surface area contributed by atoms with E-state index in [0.717, 1.165) is 17.7 Å². The van der Waals surface area contributed by atoms with Crippen LogP contribution in [0.4, 0.5) is 4.39 Å². The van der Waals surface area contributed by atoms with Crippen LogP contribution in [0.3, 0.4) is 0 Å². The predicted octanol–water partition coefficient (Wildman–Crippen LogP) is 6.25.